The molecule has 1 aromatic heterocycles. The molecule has 0 bridgehead atoms. The Hall–Kier alpha value is -1.22. The van der Waals surface area contributed by atoms with Crippen molar-refractivity contribution in [2.75, 3.05) is 0 Å². The molecule has 0 atom stereocenters. The van der Waals surface area contributed by atoms with Gasteiger partial charge in [0.2, 0.25) is 0 Å². The smallest absolute Gasteiger partial charge is 0.125 e. The summed E-state index contributed by atoms with van der Waals surface area (Å²) in [5.41, 5.74) is 1.75. The lowest BCUT2D eigenvalue weighted by molar-refractivity contribution is 0.629. The largest absolute Gasteiger partial charge is 0.346 e. The summed E-state index contributed by atoms with van der Waals surface area (Å²) < 4.78 is 13.5. The molecule has 2 rings (SSSR count). The Morgan fingerprint density at radius 3 is 2.85 bits per heavy atom. The minimum Gasteiger partial charge on any atom is -0.346 e. The van der Waals surface area contributed by atoms with E-state index in [9.17, 15) is 4.39 Å². The van der Waals surface area contributed by atoms with Crippen molar-refractivity contribution in [2.24, 2.45) is 0 Å². The molecule has 0 aliphatic carbocycles. The van der Waals surface area contributed by atoms with E-state index in [-0.39, 0.29) is 5.82 Å². The summed E-state index contributed by atoms with van der Waals surface area (Å²) in [5, 5.41) is 0.979. The Morgan fingerprint density at radius 1 is 1.31 bits per heavy atom. The van der Waals surface area contributed by atoms with Gasteiger partial charge in [-0.05, 0) is 42.1 Å². The molecule has 0 amide bonds. The van der Waals surface area contributed by atoms with Crippen LogP contribution >= 0.6 is 12.2 Å². The molecule has 0 saturated heterocycles. The quantitative estimate of drug-likeness (QED) is 0.634. The first-order chi connectivity index (χ1) is 6.16. The van der Waals surface area contributed by atoms with Gasteiger partial charge in [0.05, 0.1) is 0 Å². The van der Waals surface area contributed by atoms with Crippen molar-refractivity contribution >= 4 is 23.1 Å². The molecular formula is C10H8FNS. The number of nitrogens with one attached hydrogen (secondary N) is 1. The van der Waals surface area contributed by atoms with Crippen LogP contribution in [0, 0.1) is 17.4 Å². The molecule has 1 aromatic carbocycles. The van der Waals surface area contributed by atoms with Crippen LogP contribution in [0.25, 0.3) is 10.9 Å². The number of fused-ring (bicyclic) bond motifs is 1. The van der Waals surface area contributed by atoms with E-state index in [1.807, 2.05) is 13.0 Å². The molecule has 0 aliphatic rings. The third kappa shape index (κ3) is 1.47. The lowest BCUT2D eigenvalue weighted by Gasteiger charge is -2.00. The van der Waals surface area contributed by atoms with E-state index in [1.165, 1.54) is 12.1 Å². The van der Waals surface area contributed by atoms with Crippen LogP contribution in [-0.4, -0.2) is 4.98 Å². The highest BCUT2D eigenvalue weighted by atomic mass is 32.1. The monoisotopic (exact) mass is 193 g/mol. The van der Waals surface area contributed by atoms with Crippen molar-refractivity contribution in [3.05, 3.63) is 40.3 Å². The molecule has 0 fully saturated rings. The number of aromatic nitrogens is 1. The van der Waals surface area contributed by atoms with E-state index in [4.69, 9.17) is 12.2 Å². The van der Waals surface area contributed by atoms with Crippen LogP contribution in [0.1, 0.15) is 5.56 Å². The zero-order valence-corrected chi connectivity index (χ0v) is 7.91. The van der Waals surface area contributed by atoms with Crippen LogP contribution < -0.4 is 0 Å². The van der Waals surface area contributed by atoms with Crippen molar-refractivity contribution in [2.45, 2.75) is 6.92 Å². The Balaban J connectivity index is 2.89. The Bertz CT molecular complexity index is 516. The summed E-state index contributed by atoms with van der Waals surface area (Å²) in [4.78, 5) is 2.97. The van der Waals surface area contributed by atoms with E-state index in [2.05, 4.69) is 4.98 Å². The fourth-order valence-electron chi connectivity index (χ4n) is 1.28. The third-order valence-electron chi connectivity index (χ3n) is 1.99. The van der Waals surface area contributed by atoms with Crippen molar-refractivity contribution in [3.8, 4) is 0 Å². The SMILES string of the molecule is Cc1cc2ccc(F)cc2[nH]c1=S. The lowest BCUT2D eigenvalue weighted by atomic mass is 10.2. The van der Waals surface area contributed by atoms with Crippen LogP contribution in [0.4, 0.5) is 4.39 Å². The number of halogens is 1. The first-order valence-corrected chi connectivity index (χ1v) is 4.37. The number of hydrogen-bond donors (Lipinski definition) is 1. The van der Waals surface area contributed by atoms with Gasteiger partial charge in [0.25, 0.3) is 0 Å². The van der Waals surface area contributed by atoms with Gasteiger partial charge in [0.15, 0.2) is 0 Å². The summed E-state index contributed by atoms with van der Waals surface area (Å²) in [5.74, 6) is -0.248. The minimum absolute atomic E-state index is 0.248. The maximum absolute atomic E-state index is 12.8. The van der Waals surface area contributed by atoms with Crippen LogP contribution in [-0.2, 0) is 0 Å². The Labute approximate surface area is 80.2 Å². The molecule has 66 valence electrons. The second-order valence-corrected chi connectivity index (χ2v) is 3.42. The van der Waals surface area contributed by atoms with Gasteiger partial charge in [-0.15, -0.1) is 0 Å². The summed E-state index contributed by atoms with van der Waals surface area (Å²) in [6.07, 6.45) is 0. The number of benzene rings is 1. The van der Waals surface area contributed by atoms with E-state index >= 15 is 0 Å². The molecule has 0 aliphatic heterocycles. The molecule has 0 unspecified atom stereocenters. The number of aromatic amines is 1. The summed E-state index contributed by atoms with van der Waals surface area (Å²) in [6.45, 7) is 1.93. The van der Waals surface area contributed by atoms with E-state index in [1.54, 1.807) is 6.07 Å². The molecule has 2 aromatic rings. The average Bonchev–Trinajstić information content (AvgIpc) is 2.08. The van der Waals surface area contributed by atoms with E-state index in [0.717, 1.165) is 16.5 Å². The highest BCUT2D eigenvalue weighted by molar-refractivity contribution is 7.71. The average molecular weight is 193 g/mol. The standard InChI is InChI=1S/C10H8FNS/c1-6-4-7-2-3-8(11)5-9(7)12-10(6)13/h2-5H,1H3,(H,12,13). The minimum atomic E-state index is -0.248. The Kier molecular flexibility index (Phi) is 1.88. The second kappa shape index (κ2) is 2.92. The van der Waals surface area contributed by atoms with Gasteiger partial charge < -0.3 is 4.98 Å². The molecule has 0 radical (unpaired) electrons. The van der Waals surface area contributed by atoms with Gasteiger partial charge in [-0.3, -0.25) is 0 Å². The predicted octanol–water partition coefficient (Wildman–Crippen LogP) is 3.34. The van der Waals surface area contributed by atoms with Gasteiger partial charge in [-0.2, -0.15) is 0 Å². The van der Waals surface area contributed by atoms with Crippen molar-refractivity contribution in [1.82, 2.24) is 4.98 Å². The number of aryl methyl sites for hydroxylation is 1. The van der Waals surface area contributed by atoms with E-state index in [0.29, 0.717) is 4.64 Å². The number of H-pyrrole nitrogens is 1. The molecule has 1 N–H and O–H groups in total. The number of hydrogen-bond acceptors (Lipinski definition) is 1. The highest BCUT2D eigenvalue weighted by Crippen LogP contribution is 2.15. The number of rotatable bonds is 0. The molecule has 13 heavy (non-hydrogen) atoms. The van der Waals surface area contributed by atoms with Crippen molar-refractivity contribution in [1.29, 1.82) is 0 Å². The molecule has 0 spiro atoms. The normalized spacial score (nSPS) is 10.6. The molecule has 3 heteroatoms. The predicted molar refractivity (Wildman–Crippen MR) is 53.8 cm³/mol. The van der Waals surface area contributed by atoms with Gasteiger partial charge >= 0.3 is 0 Å². The maximum atomic E-state index is 12.8. The topological polar surface area (TPSA) is 15.8 Å². The van der Waals surface area contributed by atoms with Crippen molar-refractivity contribution < 1.29 is 4.39 Å². The highest BCUT2D eigenvalue weighted by Gasteiger charge is 1.97. The molecule has 1 heterocycles. The van der Waals surface area contributed by atoms with Crippen molar-refractivity contribution in [3.63, 3.8) is 0 Å². The fourth-order valence-corrected chi connectivity index (χ4v) is 1.45. The molecular weight excluding hydrogens is 185 g/mol. The number of pyridine rings is 1. The second-order valence-electron chi connectivity index (χ2n) is 3.01. The maximum Gasteiger partial charge on any atom is 0.125 e. The third-order valence-corrected chi connectivity index (χ3v) is 2.42. The van der Waals surface area contributed by atoms with Gasteiger partial charge in [-0.25, -0.2) is 4.39 Å². The van der Waals surface area contributed by atoms with Crippen LogP contribution in [0.15, 0.2) is 24.3 Å². The van der Waals surface area contributed by atoms with Crippen LogP contribution in [0.3, 0.4) is 0 Å². The Morgan fingerprint density at radius 2 is 2.08 bits per heavy atom. The zero-order valence-electron chi connectivity index (χ0n) is 7.10. The summed E-state index contributed by atoms with van der Waals surface area (Å²) in [6, 6.07) is 6.58. The molecule has 1 nitrogen and oxygen atoms in total. The first kappa shape index (κ1) is 8.38. The van der Waals surface area contributed by atoms with Crippen LogP contribution in [0.5, 0.6) is 0 Å². The molecule has 0 saturated carbocycles. The van der Waals surface area contributed by atoms with Gasteiger partial charge in [0.1, 0.15) is 10.5 Å². The van der Waals surface area contributed by atoms with Gasteiger partial charge in [-0.1, -0.05) is 12.2 Å². The van der Waals surface area contributed by atoms with Gasteiger partial charge in [0, 0.05) is 5.52 Å². The summed E-state index contributed by atoms with van der Waals surface area (Å²) in [7, 11) is 0. The summed E-state index contributed by atoms with van der Waals surface area (Å²) >= 11 is 5.05. The van der Waals surface area contributed by atoms with E-state index < -0.39 is 0 Å². The zero-order chi connectivity index (χ0) is 9.42. The fraction of sp³-hybridized carbons (Fsp3) is 0.100. The van der Waals surface area contributed by atoms with Crippen LogP contribution in [0.2, 0.25) is 0 Å². The first-order valence-electron chi connectivity index (χ1n) is 3.96. The lowest BCUT2D eigenvalue weighted by Crippen LogP contribution is -1.84.